The minimum absolute atomic E-state index is 0. The number of aliphatic imine (C=N–C) groups is 4. The summed E-state index contributed by atoms with van der Waals surface area (Å²) in [6.07, 6.45) is 10.2. The van der Waals surface area contributed by atoms with Gasteiger partial charge in [0, 0.05) is 29.9 Å². The second-order valence-electron chi connectivity index (χ2n) is 11.0. The zero-order chi connectivity index (χ0) is 30.3. The van der Waals surface area contributed by atoms with E-state index in [1.807, 2.05) is 32.1 Å². The van der Waals surface area contributed by atoms with E-state index >= 15 is 0 Å². The Kier molecular flexibility index (Phi) is 9.47. The van der Waals surface area contributed by atoms with Crippen molar-refractivity contribution in [3.8, 4) is 0 Å². The third-order valence-corrected chi connectivity index (χ3v) is 8.53. The van der Waals surface area contributed by atoms with Crippen molar-refractivity contribution < 1.29 is 36.9 Å². The van der Waals surface area contributed by atoms with Crippen LogP contribution < -0.4 is 0 Å². The fourth-order valence-corrected chi connectivity index (χ4v) is 6.06. The maximum Gasteiger partial charge on any atom is 0.303 e. The number of carboxylic acids is 2. The van der Waals surface area contributed by atoms with Gasteiger partial charge in [-0.2, -0.15) is 0 Å². The molecular formula is C34H36FeN4O4. The average Bonchev–Trinajstić information content (AvgIpc) is 3.59. The van der Waals surface area contributed by atoms with Crippen LogP contribution in [0.4, 0.5) is 0 Å². The molecule has 0 aromatic carbocycles. The van der Waals surface area contributed by atoms with E-state index in [1.54, 1.807) is 0 Å². The van der Waals surface area contributed by atoms with E-state index in [1.165, 1.54) is 5.57 Å². The Hall–Kier alpha value is -3.94. The van der Waals surface area contributed by atoms with Crippen LogP contribution in [0.1, 0.15) is 80.1 Å². The van der Waals surface area contributed by atoms with Gasteiger partial charge in [-0.15, -0.1) is 0 Å². The summed E-state index contributed by atoms with van der Waals surface area (Å²) in [6.45, 7) is 12.3. The second-order valence-corrected chi connectivity index (χ2v) is 11.0. The molecule has 5 rings (SSSR count). The van der Waals surface area contributed by atoms with Crippen molar-refractivity contribution in [3.63, 3.8) is 0 Å². The van der Waals surface area contributed by atoms with Crippen molar-refractivity contribution in [2.24, 2.45) is 20.0 Å². The largest absolute Gasteiger partial charge is 0.481 e. The van der Waals surface area contributed by atoms with Gasteiger partial charge in [-0.3, -0.25) is 9.59 Å². The number of aliphatic carboxylic acids is 2. The molecule has 8 nitrogen and oxygen atoms in total. The summed E-state index contributed by atoms with van der Waals surface area (Å²) in [4.78, 5) is 43.1. The zero-order valence-electron chi connectivity index (χ0n) is 25.4. The average molecular weight is 621 g/mol. The quantitative estimate of drug-likeness (QED) is 0.279. The van der Waals surface area contributed by atoms with Gasteiger partial charge in [0.25, 0.3) is 0 Å². The predicted octanol–water partition coefficient (Wildman–Crippen LogP) is 7.17. The standard InChI is InChI=1S/C34H36N4O4.Fe/c1-7-21-17(3)25-13-26-19(5)23(9-11-33(39)40)31(37-26)16-32-24(10-12-34(41)42)20(6)28(38-32)15-30-22(8-2)18(4)27(36-30)14-29(21)35-25;/h13-16H,7-12H2,1-6H3,(H,39,40)(H,41,42);. The van der Waals surface area contributed by atoms with Crippen molar-refractivity contribution >= 4 is 34.8 Å². The van der Waals surface area contributed by atoms with Crippen LogP contribution in [0, 0.1) is 0 Å². The molecule has 2 N–H and O–H groups in total. The molecule has 5 aliphatic heterocycles. The SMILES string of the molecule is CCC1=C(C)C2=CC3=NC(=CC4=NC(=CC5=NC(=CC1=N2)C(C)=C5CC)C(C)=C4CCC(=O)O)C(CCC(=O)O)=C3C.[Fe]. The number of nitrogens with zero attached hydrogens (tertiary/aromatic N) is 4. The van der Waals surface area contributed by atoms with Crippen molar-refractivity contribution in [1.29, 1.82) is 0 Å². The molecule has 0 aliphatic carbocycles. The Morgan fingerprint density at radius 1 is 0.535 bits per heavy atom. The van der Waals surface area contributed by atoms with Crippen LogP contribution in [-0.2, 0) is 26.7 Å². The maximum atomic E-state index is 11.5. The van der Waals surface area contributed by atoms with E-state index in [0.717, 1.165) is 86.1 Å². The summed E-state index contributed by atoms with van der Waals surface area (Å²) in [5, 5.41) is 18.9. The summed E-state index contributed by atoms with van der Waals surface area (Å²) in [6, 6.07) is 0. The number of carboxylic acid groups (broad SMARTS) is 2. The second kappa shape index (κ2) is 12.7. The zero-order valence-corrected chi connectivity index (χ0v) is 26.5. The molecule has 0 radical (unpaired) electrons. The molecule has 43 heavy (non-hydrogen) atoms. The molecule has 8 bridgehead atoms. The third kappa shape index (κ3) is 6.10. The van der Waals surface area contributed by atoms with Crippen LogP contribution in [0.5, 0.6) is 0 Å². The monoisotopic (exact) mass is 620 g/mol. The van der Waals surface area contributed by atoms with Crippen molar-refractivity contribution in [2.75, 3.05) is 0 Å². The number of carbonyl (C=O) groups is 2. The van der Waals surface area contributed by atoms with Gasteiger partial charge < -0.3 is 10.2 Å². The van der Waals surface area contributed by atoms with Crippen molar-refractivity contribution in [1.82, 2.24) is 0 Å². The van der Waals surface area contributed by atoms with Crippen LogP contribution >= 0.6 is 0 Å². The first-order valence-electron chi connectivity index (χ1n) is 14.5. The summed E-state index contributed by atoms with van der Waals surface area (Å²) >= 11 is 0. The van der Waals surface area contributed by atoms with Gasteiger partial charge in [0.1, 0.15) is 0 Å². The van der Waals surface area contributed by atoms with E-state index in [9.17, 15) is 19.8 Å². The summed E-state index contributed by atoms with van der Waals surface area (Å²) < 4.78 is 0. The summed E-state index contributed by atoms with van der Waals surface area (Å²) in [5.74, 6) is -1.76. The van der Waals surface area contributed by atoms with Crippen LogP contribution in [0.2, 0.25) is 0 Å². The summed E-state index contributed by atoms with van der Waals surface area (Å²) in [7, 11) is 0. The molecule has 0 amide bonds. The molecule has 0 fully saturated rings. The molecule has 0 unspecified atom stereocenters. The Labute approximate surface area is 262 Å². The Balaban J connectivity index is 0.00000423. The van der Waals surface area contributed by atoms with Gasteiger partial charge >= 0.3 is 11.9 Å². The van der Waals surface area contributed by atoms with Crippen LogP contribution in [0.15, 0.2) is 112 Å². The fourth-order valence-electron chi connectivity index (χ4n) is 6.06. The molecule has 5 heterocycles. The molecule has 0 saturated carbocycles. The van der Waals surface area contributed by atoms with Gasteiger partial charge in [0.15, 0.2) is 0 Å². The first-order valence-corrected chi connectivity index (χ1v) is 14.5. The molecule has 0 spiro atoms. The van der Waals surface area contributed by atoms with Crippen molar-refractivity contribution in [3.05, 3.63) is 91.7 Å². The number of rotatable bonds is 8. The molecule has 9 heteroatoms. The first kappa shape index (κ1) is 32.0. The van der Waals surface area contributed by atoms with Gasteiger partial charge in [0.2, 0.25) is 0 Å². The van der Waals surface area contributed by atoms with E-state index < -0.39 is 11.9 Å². The van der Waals surface area contributed by atoms with E-state index in [2.05, 4.69) is 33.8 Å². The number of fused-ring (bicyclic) bond motifs is 4. The number of hydrogen-bond donors (Lipinski definition) is 2. The predicted molar refractivity (Wildman–Crippen MR) is 167 cm³/mol. The van der Waals surface area contributed by atoms with Gasteiger partial charge in [0.05, 0.1) is 45.6 Å². The fraction of sp³-hybridized carbons (Fsp3) is 0.353. The first-order chi connectivity index (χ1) is 20.0. The molecule has 0 aromatic heterocycles. The van der Waals surface area contributed by atoms with Crippen molar-refractivity contribution in [2.45, 2.75) is 80.1 Å². The smallest absolute Gasteiger partial charge is 0.303 e. The summed E-state index contributed by atoms with van der Waals surface area (Å²) in [5.41, 5.74) is 14.3. The Morgan fingerprint density at radius 2 is 0.884 bits per heavy atom. The third-order valence-electron chi connectivity index (χ3n) is 8.53. The molecule has 5 aliphatic rings. The van der Waals surface area contributed by atoms with Crippen LogP contribution in [0.3, 0.4) is 0 Å². The topological polar surface area (TPSA) is 124 Å². The Morgan fingerprint density at radius 3 is 1.33 bits per heavy atom. The Bertz CT molecular complexity index is 1710. The van der Waals surface area contributed by atoms with E-state index in [0.29, 0.717) is 24.3 Å². The van der Waals surface area contributed by atoms with Crippen LogP contribution in [0.25, 0.3) is 0 Å². The molecule has 224 valence electrons. The molecule has 0 saturated heterocycles. The van der Waals surface area contributed by atoms with Crippen LogP contribution in [-0.4, -0.2) is 45.0 Å². The molecule has 0 atom stereocenters. The normalized spacial score (nSPS) is 19.5. The van der Waals surface area contributed by atoms with Gasteiger partial charge in [-0.1, -0.05) is 13.8 Å². The van der Waals surface area contributed by atoms with Gasteiger partial charge in [-0.25, -0.2) is 20.0 Å². The maximum absolute atomic E-state index is 11.5. The molecular weight excluding hydrogens is 584 g/mol. The minimum atomic E-state index is -0.878. The number of allylic oxidation sites excluding steroid dienone is 12. The van der Waals surface area contributed by atoms with E-state index in [-0.39, 0.29) is 29.9 Å². The van der Waals surface area contributed by atoms with E-state index in [4.69, 9.17) is 20.0 Å². The minimum Gasteiger partial charge on any atom is -0.481 e. The number of hydrogen-bond acceptors (Lipinski definition) is 6. The molecule has 0 aromatic rings. The van der Waals surface area contributed by atoms with Gasteiger partial charge in [-0.05, 0) is 122 Å².